The minimum atomic E-state index is 0.459. The molecule has 0 fully saturated rings. The van der Waals surface area contributed by atoms with Crippen molar-refractivity contribution in [2.24, 2.45) is 0 Å². The molecule has 0 aliphatic heterocycles. The highest BCUT2D eigenvalue weighted by molar-refractivity contribution is 7.10. The van der Waals surface area contributed by atoms with E-state index < -0.39 is 0 Å². The fourth-order valence-electron chi connectivity index (χ4n) is 2.12. The Morgan fingerprint density at radius 1 is 1.33 bits per heavy atom. The maximum absolute atomic E-state index is 5.56. The van der Waals surface area contributed by atoms with E-state index >= 15 is 0 Å². The van der Waals surface area contributed by atoms with Crippen molar-refractivity contribution in [3.05, 3.63) is 21.9 Å². The van der Waals surface area contributed by atoms with Crippen molar-refractivity contribution in [3.63, 3.8) is 0 Å². The Morgan fingerprint density at radius 3 is 3.00 bits per heavy atom. The van der Waals surface area contributed by atoms with Crippen LogP contribution in [-0.4, -0.2) is 5.16 Å². The van der Waals surface area contributed by atoms with Crippen molar-refractivity contribution in [2.75, 3.05) is 5.73 Å². The highest BCUT2D eigenvalue weighted by Crippen LogP contribution is 2.36. The van der Waals surface area contributed by atoms with Crippen LogP contribution in [0.15, 0.2) is 16.0 Å². The van der Waals surface area contributed by atoms with Gasteiger partial charge in [0.25, 0.3) is 0 Å². The van der Waals surface area contributed by atoms with Crippen LogP contribution in [0.25, 0.3) is 11.3 Å². The van der Waals surface area contributed by atoms with Gasteiger partial charge in [0.2, 0.25) is 0 Å². The van der Waals surface area contributed by atoms with Crippen LogP contribution in [0, 0.1) is 0 Å². The van der Waals surface area contributed by atoms with E-state index in [9.17, 15) is 0 Å². The summed E-state index contributed by atoms with van der Waals surface area (Å²) in [6, 6.07) is 1.80. The van der Waals surface area contributed by atoms with Gasteiger partial charge >= 0.3 is 0 Å². The van der Waals surface area contributed by atoms with Crippen molar-refractivity contribution < 1.29 is 4.52 Å². The zero-order chi connectivity index (χ0) is 10.3. The molecule has 0 amide bonds. The lowest BCUT2D eigenvalue weighted by molar-refractivity contribution is 0.435. The van der Waals surface area contributed by atoms with Gasteiger partial charge in [-0.1, -0.05) is 5.16 Å². The highest BCUT2D eigenvalue weighted by Gasteiger charge is 2.18. The summed E-state index contributed by atoms with van der Waals surface area (Å²) < 4.78 is 5.21. The van der Waals surface area contributed by atoms with Crippen LogP contribution in [0.4, 0.5) is 5.82 Å². The van der Waals surface area contributed by atoms with E-state index in [0.29, 0.717) is 5.82 Å². The third-order valence-electron chi connectivity index (χ3n) is 2.86. The first-order valence-corrected chi connectivity index (χ1v) is 6.04. The van der Waals surface area contributed by atoms with E-state index in [4.69, 9.17) is 10.3 Å². The normalized spacial score (nSPS) is 15.2. The molecule has 0 radical (unpaired) electrons. The van der Waals surface area contributed by atoms with Gasteiger partial charge < -0.3 is 10.3 Å². The molecule has 3 rings (SSSR count). The molecule has 0 unspecified atom stereocenters. The van der Waals surface area contributed by atoms with Crippen molar-refractivity contribution >= 4 is 17.2 Å². The largest absolute Gasteiger partial charge is 0.381 e. The molecule has 1 aliphatic rings. The van der Waals surface area contributed by atoms with Crippen molar-refractivity contribution in [2.45, 2.75) is 25.7 Å². The Hall–Kier alpha value is -1.29. The number of nitrogens with two attached hydrogens (primary N) is 1. The Morgan fingerprint density at radius 2 is 2.20 bits per heavy atom. The van der Waals surface area contributed by atoms with E-state index in [-0.39, 0.29) is 0 Å². The minimum Gasteiger partial charge on any atom is -0.381 e. The van der Waals surface area contributed by atoms with Crippen LogP contribution < -0.4 is 5.73 Å². The number of fused-ring (bicyclic) bond motifs is 1. The molecule has 0 aromatic carbocycles. The number of hydrogen-bond acceptors (Lipinski definition) is 4. The molecule has 2 aromatic rings. The molecule has 15 heavy (non-hydrogen) atoms. The Balaban J connectivity index is 2.08. The third kappa shape index (κ3) is 1.45. The standard InChI is InChI=1S/C11H12N2OS/c12-11-5-9(14-13-11)8-6-15-10-4-2-1-3-7(8)10/h5-6H,1-4H2,(H2,12,13). The van der Waals surface area contributed by atoms with Gasteiger partial charge in [-0.2, -0.15) is 0 Å². The summed E-state index contributed by atoms with van der Waals surface area (Å²) in [5.74, 6) is 1.27. The van der Waals surface area contributed by atoms with E-state index in [0.717, 1.165) is 12.2 Å². The number of hydrogen-bond donors (Lipinski definition) is 1. The van der Waals surface area contributed by atoms with Crippen LogP contribution in [-0.2, 0) is 12.8 Å². The zero-order valence-electron chi connectivity index (χ0n) is 8.32. The number of thiophene rings is 1. The summed E-state index contributed by atoms with van der Waals surface area (Å²) in [6.45, 7) is 0. The summed E-state index contributed by atoms with van der Waals surface area (Å²) in [4.78, 5) is 1.51. The van der Waals surface area contributed by atoms with Crippen LogP contribution in [0.3, 0.4) is 0 Å². The number of rotatable bonds is 1. The molecule has 4 heteroatoms. The van der Waals surface area contributed by atoms with Crippen LogP contribution >= 0.6 is 11.3 Å². The molecule has 1 aliphatic carbocycles. The lowest BCUT2D eigenvalue weighted by Crippen LogP contribution is -1.98. The molecular formula is C11H12N2OS. The van der Waals surface area contributed by atoms with Crippen LogP contribution in [0.5, 0.6) is 0 Å². The lowest BCUT2D eigenvalue weighted by atomic mass is 9.95. The van der Waals surface area contributed by atoms with Gasteiger partial charge in [0.1, 0.15) is 0 Å². The number of anilines is 1. The van der Waals surface area contributed by atoms with Gasteiger partial charge in [0, 0.05) is 21.9 Å². The number of nitrogens with zero attached hydrogens (tertiary/aromatic N) is 1. The minimum absolute atomic E-state index is 0.459. The average molecular weight is 220 g/mol. The molecule has 0 spiro atoms. The summed E-state index contributed by atoms with van der Waals surface area (Å²) >= 11 is 1.83. The summed E-state index contributed by atoms with van der Waals surface area (Å²) in [5, 5.41) is 5.89. The summed E-state index contributed by atoms with van der Waals surface area (Å²) in [6.07, 6.45) is 4.96. The first-order chi connectivity index (χ1) is 7.34. The lowest BCUT2D eigenvalue weighted by Gasteiger charge is -2.11. The van der Waals surface area contributed by atoms with E-state index in [1.165, 1.54) is 35.3 Å². The highest BCUT2D eigenvalue weighted by atomic mass is 32.1. The number of nitrogen functional groups attached to an aromatic ring is 1. The first kappa shape index (κ1) is 8.97. The van der Waals surface area contributed by atoms with Gasteiger partial charge in [0.15, 0.2) is 11.6 Å². The second kappa shape index (κ2) is 3.38. The topological polar surface area (TPSA) is 52.0 Å². The Bertz CT molecular complexity index is 486. The van der Waals surface area contributed by atoms with Gasteiger partial charge in [-0.25, -0.2) is 0 Å². The first-order valence-electron chi connectivity index (χ1n) is 5.16. The molecule has 0 saturated carbocycles. The molecule has 0 saturated heterocycles. The van der Waals surface area contributed by atoms with Crippen molar-refractivity contribution in [1.29, 1.82) is 0 Å². The Labute approximate surface area is 91.9 Å². The van der Waals surface area contributed by atoms with Gasteiger partial charge in [-0.05, 0) is 31.2 Å². The maximum atomic E-state index is 5.56. The van der Waals surface area contributed by atoms with Crippen molar-refractivity contribution in [3.8, 4) is 11.3 Å². The molecule has 78 valence electrons. The fourth-order valence-corrected chi connectivity index (χ4v) is 3.25. The predicted octanol–water partition coefficient (Wildman–Crippen LogP) is 2.86. The smallest absolute Gasteiger partial charge is 0.170 e. The molecule has 0 bridgehead atoms. The molecule has 3 nitrogen and oxygen atoms in total. The monoisotopic (exact) mass is 220 g/mol. The number of aromatic nitrogens is 1. The van der Waals surface area contributed by atoms with E-state index in [1.54, 1.807) is 6.07 Å². The second-order valence-corrected chi connectivity index (χ2v) is 4.84. The Kier molecular flexibility index (Phi) is 2.02. The van der Waals surface area contributed by atoms with Crippen LogP contribution in [0.2, 0.25) is 0 Å². The predicted molar refractivity (Wildman–Crippen MR) is 60.9 cm³/mol. The summed E-state index contributed by atoms with van der Waals surface area (Å²) in [5.41, 5.74) is 8.20. The fraction of sp³-hybridized carbons (Fsp3) is 0.364. The second-order valence-electron chi connectivity index (χ2n) is 3.87. The SMILES string of the molecule is Nc1cc(-c2csc3c2CCCC3)on1. The van der Waals surface area contributed by atoms with E-state index in [2.05, 4.69) is 10.5 Å². The van der Waals surface area contributed by atoms with Crippen LogP contribution in [0.1, 0.15) is 23.3 Å². The third-order valence-corrected chi connectivity index (χ3v) is 3.94. The van der Waals surface area contributed by atoms with Gasteiger partial charge in [0.05, 0.1) is 0 Å². The average Bonchev–Trinajstić information content (AvgIpc) is 2.83. The zero-order valence-corrected chi connectivity index (χ0v) is 9.14. The van der Waals surface area contributed by atoms with Crippen molar-refractivity contribution in [1.82, 2.24) is 5.16 Å². The van der Waals surface area contributed by atoms with Gasteiger partial charge in [-0.3, -0.25) is 0 Å². The van der Waals surface area contributed by atoms with E-state index in [1.807, 2.05) is 11.3 Å². The quantitative estimate of drug-likeness (QED) is 0.804. The molecular weight excluding hydrogens is 208 g/mol. The maximum Gasteiger partial charge on any atom is 0.170 e. The molecule has 0 atom stereocenters. The number of aryl methyl sites for hydroxylation is 1. The molecule has 2 heterocycles. The molecule has 2 aromatic heterocycles. The van der Waals surface area contributed by atoms with Gasteiger partial charge in [-0.15, -0.1) is 11.3 Å². The molecule has 2 N–H and O–H groups in total. The summed E-state index contributed by atoms with van der Waals surface area (Å²) in [7, 11) is 0.